The van der Waals surface area contributed by atoms with E-state index < -0.39 is 0 Å². The lowest BCUT2D eigenvalue weighted by atomic mass is 10.1. The highest BCUT2D eigenvalue weighted by Crippen LogP contribution is 2.28. The molecule has 0 fully saturated rings. The van der Waals surface area contributed by atoms with Crippen molar-refractivity contribution in [1.82, 2.24) is 9.97 Å². The molecule has 0 aliphatic heterocycles. The fraction of sp³-hybridized carbons (Fsp3) is 0.375. The topological polar surface area (TPSA) is 61.0 Å². The molecule has 0 radical (unpaired) electrons. The number of nitrogens with zero attached hydrogens (tertiary/aromatic N) is 2. The summed E-state index contributed by atoms with van der Waals surface area (Å²) in [5.41, 5.74) is 9.01. The molecule has 106 valence electrons. The number of aryl methyl sites for hydroxylation is 3. The van der Waals surface area contributed by atoms with Crippen LogP contribution in [0, 0.1) is 20.8 Å². The van der Waals surface area contributed by atoms with Crippen molar-refractivity contribution in [2.45, 2.75) is 40.5 Å². The van der Waals surface area contributed by atoms with Gasteiger partial charge in [0.2, 0.25) is 5.88 Å². The fourth-order valence-corrected chi connectivity index (χ4v) is 2.01. The predicted octanol–water partition coefficient (Wildman–Crippen LogP) is 3.73. The van der Waals surface area contributed by atoms with E-state index in [0.29, 0.717) is 11.7 Å². The van der Waals surface area contributed by atoms with E-state index in [9.17, 15) is 0 Å². The van der Waals surface area contributed by atoms with Crippen molar-refractivity contribution in [3.8, 4) is 11.6 Å². The number of hydrogen-bond donors (Lipinski definition) is 1. The third kappa shape index (κ3) is 3.07. The van der Waals surface area contributed by atoms with Gasteiger partial charge in [0, 0.05) is 6.42 Å². The summed E-state index contributed by atoms with van der Waals surface area (Å²) in [6, 6.07) is 6.07. The molecule has 1 aromatic carbocycles. The highest BCUT2D eigenvalue weighted by molar-refractivity contribution is 5.47. The van der Waals surface area contributed by atoms with Gasteiger partial charge in [0.15, 0.2) is 0 Å². The van der Waals surface area contributed by atoms with Crippen LogP contribution in [0.25, 0.3) is 0 Å². The summed E-state index contributed by atoms with van der Waals surface area (Å²) >= 11 is 0. The minimum atomic E-state index is 0.489. The van der Waals surface area contributed by atoms with Crippen LogP contribution in [0.5, 0.6) is 11.6 Å². The van der Waals surface area contributed by atoms with Crippen molar-refractivity contribution in [2.75, 3.05) is 5.73 Å². The zero-order chi connectivity index (χ0) is 14.7. The number of anilines is 1. The fourth-order valence-electron chi connectivity index (χ4n) is 2.01. The van der Waals surface area contributed by atoms with E-state index in [-0.39, 0.29) is 0 Å². The minimum Gasteiger partial charge on any atom is -0.438 e. The molecule has 2 rings (SSSR count). The standard InChI is InChI=1S/C16H21N3O/c1-5-6-14-18-15(17)12(4)16(19-14)20-13-8-7-10(2)9-11(13)3/h7-9H,5-6H2,1-4H3,(H2,17,18,19). The molecule has 0 aliphatic carbocycles. The van der Waals surface area contributed by atoms with E-state index in [1.807, 2.05) is 26.0 Å². The van der Waals surface area contributed by atoms with E-state index in [2.05, 4.69) is 29.9 Å². The summed E-state index contributed by atoms with van der Waals surface area (Å²) in [7, 11) is 0. The lowest BCUT2D eigenvalue weighted by molar-refractivity contribution is 0.451. The Bertz CT molecular complexity index is 623. The molecule has 0 atom stereocenters. The van der Waals surface area contributed by atoms with Gasteiger partial charge in [-0.2, -0.15) is 4.98 Å². The third-order valence-electron chi connectivity index (χ3n) is 3.20. The van der Waals surface area contributed by atoms with Crippen LogP contribution in [0.4, 0.5) is 5.82 Å². The van der Waals surface area contributed by atoms with E-state index in [1.54, 1.807) is 0 Å². The quantitative estimate of drug-likeness (QED) is 0.920. The molecule has 0 amide bonds. The van der Waals surface area contributed by atoms with Gasteiger partial charge in [-0.25, -0.2) is 4.98 Å². The van der Waals surface area contributed by atoms with Crippen molar-refractivity contribution in [2.24, 2.45) is 0 Å². The van der Waals surface area contributed by atoms with Crippen molar-refractivity contribution >= 4 is 5.82 Å². The van der Waals surface area contributed by atoms with Gasteiger partial charge in [-0.05, 0) is 38.8 Å². The predicted molar refractivity (Wildman–Crippen MR) is 81.2 cm³/mol. The van der Waals surface area contributed by atoms with Crippen LogP contribution >= 0.6 is 0 Å². The first-order valence-corrected chi connectivity index (χ1v) is 6.89. The molecule has 0 bridgehead atoms. The zero-order valence-corrected chi connectivity index (χ0v) is 12.5. The number of nitrogens with two attached hydrogens (primary N) is 1. The number of aromatic nitrogens is 2. The van der Waals surface area contributed by atoms with E-state index in [0.717, 1.165) is 35.5 Å². The maximum absolute atomic E-state index is 5.94. The smallest absolute Gasteiger partial charge is 0.227 e. The van der Waals surface area contributed by atoms with Crippen LogP contribution in [0.2, 0.25) is 0 Å². The molecule has 0 unspecified atom stereocenters. The normalized spacial score (nSPS) is 10.6. The van der Waals surface area contributed by atoms with Crippen LogP contribution in [-0.4, -0.2) is 9.97 Å². The lowest BCUT2D eigenvalue weighted by Crippen LogP contribution is -2.05. The molecule has 0 saturated heterocycles. The minimum absolute atomic E-state index is 0.489. The second kappa shape index (κ2) is 5.90. The molecule has 0 saturated carbocycles. The van der Waals surface area contributed by atoms with Crippen LogP contribution in [0.3, 0.4) is 0 Å². The molecular formula is C16H21N3O. The average Bonchev–Trinajstić information content (AvgIpc) is 2.39. The number of nitrogen functional groups attached to an aromatic ring is 1. The molecule has 2 aromatic rings. The van der Waals surface area contributed by atoms with Crippen LogP contribution in [-0.2, 0) is 6.42 Å². The largest absolute Gasteiger partial charge is 0.438 e. The maximum Gasteiger partial charge on any atom is 0.227 e. The van der Waals surface area contributed by atoms with Crippen LogP contribution in [0.15, 0.2) is 18.2 Å². The van der Waals surface area contributed by atoms with E-state index in [1.165, 1.54) is 5.56 Å². The van der Waals surface area contributed by atoms with Gasteiger partial charge in [0.05, 0.1) is 5.56 Å². The van der Waals surface area contributed by atoms with Crippen molar-refractivity contribution in [1.29, 1.82) is 0 Å². The van der Waals surface area contributed by atoms with E-state index in [4.69, 9.17) is 10.5 Å². The number of rotatable bonds is 4. The van der Waals surface area contributed by atoms with Crippen LogP contribution < -0.4 is 10.5 Å². The van der Waals surface area contributed by atoms with Gasteiger partial charge in [0.1, 0.15) is 17.4 Å². The molecule has 0 aliphatic rings. The summed E-state index contributed by atoms with van der Waals surface area (Å²) < 4.78 is 5.93. The van der Waals surface area contributed by atoms with Gasteiger partial charge < -0.3 is 10.5 Å². The summed E-state index contributed by atoms with van der Waals surface area (Å²) in [6.45, 7) is 8.05. The first-order valence-electron chi connectivity index (χ1n) is 6.89. The molecule has 2 N–H and O–H groups in total. The summed E-state index contributed by atoms with van der Waals surface area (Å²) in [6.07, 6.45) is 1.78. The van der Waals surface area contributed by atoms with Crippen molar-refractivity contribution in [3.05, 3.63) is 40.7 Å². The zero-order valence-electron chi connectivity index (χ0n) is 12.5. The molecular weight excluding hydrogens is 250 g/mol. The second-order valence-electron chi connectivity index (χ2n) is 5.08. The SMILES string of the molecule is CCCc1nc(N)c(C)c(Oc2ccc(C)cc2C)n1. The maximum atomic E-state index is 5.94. The molecule has 1 heterocycles. The highest BCUT2D eigenvalue weighted by Gasteiger charge is 2.11. The Hall–Kier alpha value is -2.10. The van der Waals surface area contributed by atoms with Gasteiger partial charge in [-0.15, -0.1) is 0 Å². The van der Waals surface area contributed by atoms with Gasteiger partial charge in [-0.3, -0.25) is 0 Å². The second-order valence-corrected chi connectivity index (χ2v) is 5.08. The number of hydrogen-bond acceptors (Lipinski definition) is 4. The molecule has 0 spiro atoms. The van der Waals surface area contributed by atoms with Gasteiger partial charge in [-0.1, -0.05) is 24.6 Å². The molecule has 4 heteroatoms. The van der Waals surface area contributed by atoms with Gasteiger partial charge >= 0.3 is 0 Å². The first-order chi connectivity index (χ1) is 9.51. The molecule has 4 nitrogen and oxygen atoms in total. The summed E-state index contributed by atoms with van der Waals surface area (Å²) in [4.78, 5) is 8.76. The molecule has 20 heavy (non-hydrogen) atoms. The Kier molecular flexibility index (Phi) is 4.23. The van der Waals surface area contributed by atoms with E-state index >= 15 is 0 Å². The summed E-state index contributed by atoms with van der Waals surface area (Å²) in [5.74, 6) is 2.57. The van der Waals surface area contributed by atoms with Crippen LogP contribution in [0.1, 0.15) is 35.9 Å². The number of benzene rings is 1. The average molecular weight is 271 g/mol. The Morgan fingerprint density at radius 3 is 2.55 bits per heavy atom. The van der Waals surface area contributed by atoms with Gasteiger partial charge in [0.25, 0.3) is 0 Å². The molecule has 1 aromatic heterocycles. The Balaban J connectivity index is 2.37. The first kappa shape index (κ1) is 14.3. The lowest BCUT2D eigenvalue weighted by Gasteiger charge is -2.12. The third-order valence-corrected chi connectivity index (χ3v) is 3.20. The monoisotopic (exact) mass is 271 g/mol. The Labute approximate surface area is 120 Å². The highest BCUT2D eigenvalue weighted by atomic mass is 16.5. The Morgan fingerprint density at radius 1 is 1.15 bits per heavy atom. The Morgan fingerprint density at radius 2 is 1.90 bits per heavy atom. The van der Waals surface area contributed by atoms with Crippen molar-refractivity contribution < 1.29 is 4.74 Å². The summed E-state index contributed by atoms with van der Waals surface area (Å²) in [5, 5.41) is 0. The van der Waals surface area contributed by atoms with Crippen molar-refractivity contribution in [3.63, 3.8) is 0 Å². The number of ether oxygens (including phenoxy) is 1.